The molecule has 0 aromatic carbocycles. The van der Waals surface area contributed by atoms with Crippen molar-refractivity contribution in [1.29, 1.82) is 0 Å². The number of carboxylic acids is 1. The van der Waals surface area contributed by atoms with Crippen LogP contribution in [-0.4, -0.2) is 67.9 Å². The number of carbonyl (C=O) groups excluding carboxylic acids is 1. The first-order chi connectivity index (χ1) is 8.25. The maximum Gasteiger partial charge on any atom is 0.329 e. The zero-order valence-electron chi connectivity index (χ0n) is 11.4. The number of likely N-dealkylation sites (N-methyl/N-ethyl adjacent to an activating group) is 1. The van der Waals surface area contributed by atoms with E-state index in [-0.39, 0.29) is 31.3 Å². The zero-order valence-corrected chi connectivity index (χ0v) is 11.4. The molecule has 0 aromatic heterocycles. The summed E-state index contributed by atoms with van der Waals surface area (Å²) in [4.78, 5) is 23.6. The fraction of sp³-hybridized carbons (Fsp3) is 0.818. The van der Waals surface area contributed by atoms with Gasteiger partial charge in [0.15, 0.2) is 0 Å². The molecule has 2 amide bonds. The molecule has 7 nitrogen and oxygen atoms in total. The van der Waals surface area contributed by atoms with Crippen molar-refractivity contribution >= 4 is 12.0 Å². The Kier molecular flexibility index (Phi) is 7.30. The van der Waals surface area contributed by atoms with Crippen LogP contribution < -0.4 is 10.6 Å². The fourth-order valence-corrected chi connectivity index (χ4v) is 0.913. The van der Waals surface area contributed by atoms with Gasteiger partial charge in [0.25, 0.3) is 0 Å². The Bertz CT molecular complexity index is 279. The van der Waals surface area contributed by atoms with E-state index in [4.69, 9.17) is 9.84 Å². The number of nitrogens with zero attached hydrogens (tertiary/aromatic N) is 1. The minimum absolute atomic E-state index is 0.128. The van der Waals surface area contributed by atoms with Crippen molar-refractivity contribution in [1.82, 2.24) is 15.5 Å². The number of urea groups is 1. The first kappa shape index (κ1) is 16.7. The van der Waals surface area contributed by atoms with Gasteiger partial charge in [-0.2, -0.15) is 0 Å². The Morgan fingerprint density at radius 1 is 1.28 bits per heavy atom. The molecule has 0 spiro atoms. The van der Waals surface area contributed by atoms with Crippen molar-refractivity contribution in [2.75, 3.05) is 40.4 Å². The number of amides is 2. The number of rotatable bonds is 8. The lowest BCUT2D eigenvalue weighted by atomic mass is 10.1. The molecule has 0 aliphatic carbocycles. The lowest BCUT2D eigenvalue weighted by Crippen LogP contribution is -2.50. The molecule has 0 atom stereocenters. The molecule has 0 saturated heterocycles. The van der Waals surface area contributed by atoms with Crippen LogP contribution in [0.3, 0.4) is 0 Å². The Balaban J connectivity index is 3.63. The summed E-state index contributed by atoms with van der Waals surface area (Å²) in [6, 6.07) is -0.288. The van der Waals surface area contributed by atoms with E-state index in [2.05, 4.69) is 10.6 Å². The second-order valence-corrected chi connectivity index (χ2v) is 4.76. The Hall–Kier alpha value is -1.34. The summed E-state index contributed by atoms with van der Waals surface area (Å²) in [5, 5.41) is 13.6. The smallest absolute Gasteiger partial charge is 0.329 e. The highest BCUT2D eigenvalue weighted by atomic mass is 16.5. The summed E-state index contributed by atoms with van der Waals surface area (Å²) in [7, 11) is 3.89. The Morgan fingerprint density at radius 3 is 2.39 bits per heavy atom. The van der Waals surface area contributed by atoms with Gasteiger partial charge >= 0.3 is 12.0 Å². The molecule has 0 aliphatic rings. The number of nitrogens with one attached hydrogen (secondary N) is 2. The van der Waals surface area contributed by atoms with Gasteiger partial charge in [0.2, 0.25) is 0 Å². The van der Waals surface area contributed by atoms with Crippen LogP contribution in [-0.2, 0) is 9.53 Å². The summed E-state index contributed by atoms with van der Waals surface area (Å²) in [6.07, 6.45) is 0. The summed E-state index contributed by atoms with van der Waals surface area (Å²) < 4.78 is 4.78. The second kappa shape index (κ2) is 7.88. The van der Waals surface area contributed by atoms with Crippen LogP contribution >= 0.6 is 0 Å². The van der Waals surface area contributed by atoms with Crippen LogP contribution in [0.1, 0.15) is 13.8 Å². The lowest BCUT2D eigenvalue weighted by Gasteiger charge is -2.32. The van der Waals surface area contributed by atoms with E-state index in [1.165, 1.54) is 0 Å². The van der Waals surface area contributed by atoms with Crippen LogP contribution in [0, 0.1) is 0 Å². The Labute approximate surface area is 107 Å². The summed E-state index contributed by atoms with van der Waals surface area (Å²) >= 11 is 0. The topological polar surface area (TPSA) is 90.9 Å². The van der Waals surface area contributed by atoms with E-state index < -0.39 is 5.97 Å². The molecular weight excluding hydrogens is 238 g/mol. The van der Waals surface area contributed by atoms with Crippen LogP contribution in [0.15, 0.2) is 0 Å². The molecule has 0 unspecified atom stereocenters. The van der Waals surface area contributed by atoms with Gasteiger partial charge in [0.1, 0.15) is 6.61 Å². The number of hydrogen-bond acceptors (Lipinski definition) is 4. The molecular formula is C11H23N3O4. The van der Waals surface area contributed by atoms with Gasteiger partial charge in [-0.25, -0.2) is 9.59 Å². The number of carboxylic acid groups (broad SMARTS) is 1. The SMILES string of the molecule is CN(C)C(C)(C)CNC(=O)NCCOCC(=O)O. The number of aliphatic carboxylic acids is 1. The van der Waals surface area contributed by atoms with Crippen LogP contribution in [0.25, 0.3) is 0 Å². The van der Waals surface area contributed by atoms with Gasteiger partial charge in [-0.1, -0.05) is 0 Å². The maximum atomic E-state index is 11.4. The molecule has 18 heavy (non-hydrogen) atoms. The highest BCUT2D eigenvalue weighted by molar-refractivity contribution is 5.73. The average Bonchev–Trinajstić information content (AvgIpc) is 2.25. The first-order valence-electron chi connectivity index (χ1n) is 5.74. The van der Waals surface area contributed by atoms with Crippen LogP contribution in [0.2, 0.25) is 0 Å². The Morgan fingerprint density at radius 2 is 1.89 bits per heavy atom. The molecule has 0 aromatic rings. The molecule has 7 heteroatoms. The third-order valence-corrected chi connectivity index (χ3v) is 2.65. The quantitative estimate of drug-likeness (QED) is 0.523. The molecule has 0 saturated carbocycles. The summed E-state index contributed by atoms with van der Waals surface area (Å²) in [5.74, 6) is -1.02. The summed E-state index contributed by atoms with van der Waals surface area (Å²) in [5.41, 5.74) is -0.128. The molecule has 0 fully saturated rings. The van der Waals surface area contributed by atoms with Crippen molar-refractivity contribution < 1.29 is 19.4 Å². The number of carbonyl (C=O) groups is 2. The second-order valence-electron chi connectivity index (χ2n) is 4.76. The third kappa shape index (κ3) is 7.86. The monoisotopic (exact) mass is 261 g/mol. The van der Waals surface area contributed by atoms with Gasteiger partial charge in [-0.05, 0) is 27.9 Å². The predicted octanol–water partition coefficient (Wildman–Crippen LogP) is -0.273. The molecule has 0 aliphatic heterocycles. The highest BCUT2D eigenvalue weighted by Gasteiger charge is 2.20. The highest BCUT2D eigenvalue weighted by Crippen LogP contribution is 2.07. The van der Waals surface area contributed by atoms with E-state index in [1.54, 1.807) is 0 Å². The fourth-order valence-electron chi connectivity index (χ4n) is 0.913. The van der Waals surface area contributed by atoms with Crippen molar-refractivity contribution in [3.05, 3.63) is 0 Å². The lowest BCUT2D eigenvalue weighted by molar-refractivity contribution is -0.142. The normalized spacial score (nSPS) is 11.4. The van der Waals surface area contributed by atoms with E-state index in [0.29, 0.717) is 6.54 Å². The maximum absolute atomic E-state index is 11.4. The van der Waals surface area contributed by atoms with E-state index >= 15 is 0 Å². The van der Waals surface area contributed by atoms with Crippen molar-refractivity contribution in [2.24, 2.45) is 0 Å². The molecule has 0 radical (unpaired) electrons. The number of ether oxygens (including phenoxy) is 1. The third-order valence-electron chi connectivity index (χ3n) is 2.65. The first-order valence-corrected chi connectivity index (χ1v) is 5.74. The van der Waals surface area contributed by atoms with Crippen molar-refractivity contribution in [2.45, 2.75) is 19.4 Å². The van der Waals surface area contributed by atoms with Gasteiger partial charge in [0, 0.05) is 18.6 Å². The standard InChI is InChI=1S/C11H23N3O4/c1-11(2,14(3)4)8-13-10(17)12-5-6-18-7-9(15)16/h5-8H2,1-4H3,(H,15,16)(H2,12,13,17). The van der Waals surface area contributed by atoms with Gasteiger partial charge < -0.3 is 25.4 Å². The predicted molar refractivity (Wildman–Crippen MR) is 67.6 cm³/mol. The summed E-state index contributed by atoms with van der Waals surface area (Å²) in [6.45, 7) is 4.66. The molecule has 0 rings (SSSR count). The molecule has 106 valence electrons. The van der Waals surface area contributed by atoms with Gasteiger partial charge in [0.05, 0.1) is 6.61 Å². The van der Waals surface area contributed by atoms with E-state index in [9.17, 15) is 9.59 Å². The molecule has 3 N–H and O–H groups in total. The van der Waals surface area contributed by atoms with Crippen molar-refractivity contribution in [3.63, 3.8) is 0 Å². The minimum Gasteiger partial charge on any atom is -0.480 e. The number of hydrogen-bond donors (Lipinski definition) is 3. The van der Waals surface area contributed by atoms with Gasteiger partial charge in [-0.3, -0.25) is 0 Å². The largest absolute Gasteiger partial charge is 0.480 e. The average molecular weight is 261 g/mol. The van der Waals surface area contributed by atoms with E-state index in [0.717, 1.165) is 0 Å². The van der Waals surface area contributed by atoms with E-state index in [1.807, 2.05) is 32.8 Å². The van der Waals surface area contributed by atoms with Gasteiger partial charge in [-0.15, -0.1) is 0 Å². The molecule has 0 heterocycles. The van der Waals surface area contributed by atoms with Crippen LogP contribution in [0.5, 0.6) is 0 Å². The zero-order chi connectivity index (χ0) is 14.2. The molecule has 0 bridgehead atoms. The van der Waals surface area contributed by atoms with Crippen LogP contribution in [0.4, 0.5) is 4.79 Å². The van der Waals surface area contributed by atoms with Crippen molar-refractivity contribution in [3.8, 4) is 0 Å². The minimum atomic E-state index is -1.02.